The zero-order valence-electron chi connectivity index (χ0n) is 16.3. The summed E-state index contributed by atoms with van der Waals surface area (Å²) in [5, 5.41) is 6.50. The van der Waals surface area contributed by atoms with Gasteiger partial charge in [0, 0.05) is 41.6 Å². The SMILES string of the molecule is CN(C)CCn1ccc2cc(NC(=O)CNc3cccc(C(F)(F)F)c3)ccc21. The van der Waals surface area contributed by atoms with Crippen molar-refractivity contribution < 1.29 is 18.0 Å². The summed E-state index contributed by atoms with van der Waals surface area (Å²) in [6, 6.07) is 12.4. The quantitative estimate of drug-likeness (QED) is 0.618. The number of rotatable bonds is 7. The monoisotopic (exact) mass is 404 g/mol. The molecule has 0 aliphatic carbocycles. The van der Waals surface area contributed by atoms with Gasteiger partial charge in [0.1, 0.15) is 0 Å². The number of fused-ring (bicyclic) bond motifs is 1. The first-order chi connectivity index (χ1) is 13.7. The largest absolute Gasteiger partial charge is 0.416 e. The molecule has 0 saturated carbocycles. The molecule has 1 heterocycles. The molecule has 0 spiro atoms. The van der Waals surface area contributed by atoms with Crippen LogP contribution in [0.15, 0.2) is 54.7 Å². The van der Waals surface area contributed by atoms with Crippen LogP contribution in [0.4, 0.5) is 24.5 Å². The summed E-state index contributed by atoms with van der Waals surface area (Å²) in [5.41, 5.74) is 1.20. The van der Waals surface area contributed by atoms with Crippen molar-refractivity contribution in [2.24, 2.45) is 0 Å². The van der Waals surface area contributed by atoms with Crippen molar-refractivity contribution in [3.63, 3.8) is 0 Å². The number of halogens is 3. The molecule has 5 nitrogen and oxygen atoms in total. The van der Waals surface area contributed by atoms with Gasteiger partial charge in [-0.15, -0.1) is 0 Å². The molecule has 0 aliphatic heterocycles. The van der Waals surface area contributed by atoms with Gasteiger partial charge in [0.25, 0.3) is 0 Å². The molecular weight excluding hydrogens is 381 g/mol. The van der Waals surface area contributed by atoms with E-state index in [1.165, 1.54) is 12.1 Å². The fourth-order valence-electron chi connectivity index (χ4n) is 2.97. The van der Waals surface area contributed by atoms with E-state index in [2.05, 4.69) is 20.1 Å². The summed E-state index contributed by atoms with van der Waals surface area (Å²) < 4.78 is 40.4. The highest BCUT2D eigenvalue weighted by atomic mass is 19.4. The van der Waals surface area contributed by atoms with Crippen LogP contribution in [0.2, 0.25) is 0 Å². The van der Waals surface area contributed by atoms with Crippen LogP contribution in [-0.2, 0) is 17.5 Å². The summed E-state index contributed by atoms with van der Waals surface area (Å²) in [6.07, 6.45) is -2.41. The fourth-order valence-corrected chi connectivity index (χ4v) is 2.97. The zero-order valence-corrected chi connectivity index (χ0v) is 16.3. The maximum absolute atomic E-state index is 12.8. The molecule has 1 aromatic heterocycles. The molecule has 0 radical (unpaired) electrons. The Morgan fingerprint density at radius 2 is 1.86 bits per heavy atom. The molecule has 154 valence electrons. The second-order valence-corrected chi connectivity index (χ2v) is 7.07. The van der Waals surface area contributed by atoms with Crippen LogP contribution in [0.1, 0.15) is 5.56 Å². The number of benzene rings is 2. The van der Waals surface area contributed by atoms with Crippen molar-refractivity contribution in [1.82, 2.24) is 9.47 Å². The van der Waals surface area contributed by atoms with Gasteiger partial charge >= 0.3 is 6.18 Å². The Hall–Kier alpha value is -3.00. The number of nitrogens with zero attached hydrogens (tertiary/aromatic N) is 2. The van der Waals surface area contributed by atoms with Crippen LogP contribution in [-0.4, -0.2) is 42.6 Å². The highest BCUT2D eigenvalue weighted by molar-refractivity contribution is 5.96. The lowest BCUT2D eigenvalue weighted by molar-refractivity contribution is -0.137. The predicted molar refractivity (Wildman–Crippen MR) is 109 cm³/mol. The van der Waals surface area contributed by atoms with Gasteiger partial charge in [-0.1, -0.05) is 6.07 Å². The van der Waals surface area contributed by atoms with Crippen molar-refractivity contribution in [2.75, 3.05) is 37.8 Å². The molecule has 8 heteroatoms. The van der Waals surface area contributed by atoms with E-state index in [-0.39, 0.29) is 18.1 Å². The third-order valence-corrected chi connectivity index (χ3v) is 4.49. The molecule has 2 aromatic carbocycles. The van der Waals surface area contributed by atoms with Gasteiger partial charge < -0.3 is 20.1 Å². The maximum atomic E-state index is 12.8. The molecule has 0 unspecified atom stereocenters. The summed E-state index contributed by atoms with van der Waals surface area (Å²) >= 11 is 0. The molecule has 2 N–H and O–H groups in total. The Balaban J connectivity index is 1.60. The van der Waals surface area contributed by atoms with E-state index >= 15 is 0 Å². The Labute approximate surface area is 167 Å². The van der Waals surface area contributed by atoms with E-state index in [0.29, 0.717) is 5.69 Å². The normalized spacial score (nSPS) is 11.8. The Bertz CT molecular complexity index is 995. The Kier molecular flexibility index (Phi) is 6.12. The van der Waals surface area contributed by atoms with E-state index in [0.717, 1.165) is 36.1 Å². The van der Waals surface area contributed by atoms with Crippen LogP contribution in [0, 0.1) is 0 Å². The molecular formula is C21H23F3N4O. The summed E-state index contributed by atoms with van der Waals surface area (Å²) in [7, 11) is 4.04. The molecule has 0 bridgehead atoms. The minimum absolute atomic E-state index is 0.136. The number of anilines is 2. The van der Waals surface area contributed by atoms with E-state index in [9.17, 15) is 18.0 Å². The highest BCUT2D eigenvalue weighted by Crippen LogP contribution is 2.30. The molecule has 29 heavy (non-hydrogen) atoms. The molecule has 0 atom stereocenters. The number of carbonyl (C=O) groups excluding carboxylic acids is 1. The highest BCUT2D eigenvalue weighted by Gasteiger charge is 2.30. The number of carbonyl (C=O) groups is 1. The first-order valence-corrected chi connectivity index (χ1v) is 9.17. The van der Waals surface area contributed by atoms with Gasteiger partial charge in [-0.2, -0.15) is 13.2 Å². The zero-order chi connectivity index (χ0) is 21.0. The molecule has 3 aromatic rings. The van der Waals surface area contributed by atoms with Crippen molar-refractivity contribution >= 4 is 28.2 Å². The second-order valence-electron chi connectivity index (χ2n) is 7.07. The maximum Gasteiger partial charge on any atom is 0.416 e. The third-order valence-electron chi connectivity index (χ3n) is 4.49. The number of amides is 1. The lowest BCUT2D eigenvalue weighted by Crippen LogP contribution is -2.22. The van der Waals surface area contributed by atoms with Crippen molar-refractivity contribution in [2.45, 2.75) is 12.7 Å². The number of hydrogen-bond acceptors (Lipinski definition) is 3. The van der Waals surface area contributed by atoms with Gasteiger partial charge in [-0.05, 0) is 56.6 Å². The molecule has 0 saturated heterocycles. The number of alkyl halides is 3. The Morgan fingerprint density at radius 1 is 1.07 bits per heavy atom. The summed E-state index contributed by atoms with van der Waals surface area (Å²) in [5.74, 6) is -0.339. The van der Waals surface area contributed by atoms with E-state index in [1.807, 2.05) is 44.6 Å². The molecule has 1 amide bonds. The van der Waals surface area contributed by atoms with E-state index < -0.39 is 11.7 Å². The summed E-state index contributed by atoms with van der Waals surface area (Å²) in [6.45, 7) is 1.65. The smallest absolute Gasteiger partial charge is 0.376 e. The second kappa shape index (κ2) is 8.57. The van der Waals surface area contributed by atoms with Crippen molar-refractivity contribution in [3.8, 4) is 0 Å². The number of hydrogen-bond donors (Lipinski definition) is 2. The number of aromatic nitrogens is 1. The first kappa shape index (κ1) is 20.7. The van der Waals surface area contributed by atoms with Gasteiger partial charge in [0.2, 0.25) is 5.91 Å². The van der Waals surface area contributed by atoms with Gasteiger partial charge in [-0.25, -0.2) is 0 Å². The first-order valence-electron chi connectivity index (χ1n) is 9.17. The van der Waals surface area contributed by atoms with Crippen molar-refractivity contribution in [1.29, 1.82) is 0 Å². The number of nitrogens with one attached hydrogen (secondary N) is 2. The van der Waals surface area contributed by atoms with Crippen LogP contribution in [0.5, 0.6) is 0 Å². The average Bonchev–Trinajstić information content (AvgIpc) is 3.06. The van der Waals surface area contributed by atoms with Gasteiger partial charge in [-0.3, -0.25) is 4.79 Å². The Morgan fingerprint density at radius 3 is 2.59 bits per heavy atom. The molecule has 3 rings (SSSR count). The van der Waals surface area contributed by atoms with Crippen molar-refractivity contribution in [3.05, 3.63) is 60.3 Å². The number of likely N-dealkylation sites (N-methyl/N-ethyl adjacent to an activating group) is 1. The fraction of sp³-hybridized carbons (Fsp3) is 0.286. The standard InChI is InChI=1S/C21H23F3N4O/c1-27(2)10-11-28-9-8-15-12-18(6-7-19(15)28)26-20(29)14-25-17-5-3-4-16(13-17)21(22,23)24/h3-9,12-13,25H,10-11,14H2,1-2H3,(H,26,29). The average molecular weight is 404 g/mol. The lowest BCUT2D eigenvalue weighted by atomic mass is 10.2. The summed E-state index contributed by atoms with van der Waals surface area (Å²) in [4.78, 5) is 14.3. The third kappa shape index (κ3) is 5.51. The lowest BCUT2D eigenvalue weighted by Gasteiger charge is -2.12. The van der Waals surface area contributed by atoms with Crippen LogP contribution in [0.25, 0.3) is 10.9 Å². The van der Waals surface area contributed by atoms with E-state index in [4.69, 9.17) is 0 Å². The molecule has 0 aliphatic rings. The predicted octanol–water partition coefficient (Wildman–Crippen LogP) is 4.27. The van der Waals surface area contributed by atoms with Crippen LogP contribution < -0.4 is 10.6 Å². The van der Waals surface area contributed by atoms with Crippen LogP contribution >= 0.6 is 0 Å². The minimum atomic E-state index is -4.42. The minimum Gasteiger partial charge on any atom is -0.376 e. The van der Waals surface area contributed by atoms with Gasteiger partial charge in [0.05, 0.1) is 12.1 Å². The van der Waals surface area contributed by atoms with E-state index in [1.54, 1.807) is 0 Å². The topological polar surface area (TPSA) is 49.3 Å². The van der Waals surface area contributed by atoms with Gasteiger partial charge in [0.15, 0.2) is 0 Å². The molecule has 0 fully saturated rings. The van der Waals surface area contributed by atoms with Crippen LogP contribution in [0.3, 0.4) is 0 Å².